The van der Waals surface area contributed by atoms with E-state index in [4.69, 9.17) is 0 Å². The maximum absolute atomic E-state index is 13.4. The van der Waals surface area contributed by atoms with Gasteiger partial charge in [-0.05, 0) is 64.0 Å². The highest BCUT2D eigenvalue weighted by Crippen LogP contribution is 2.27. The summed E-state index contributed by atoms with van der Waals surface area (Å²) in [6.07, 6.45) is 6.26. The molecule has 0 saturated heterocycles. The number of nitrogens with zero attached hydrogens (tertiary/aromatic N) is 4. The molecule has 1 N–H and O–H groups in total. The van der Waals surface area contributed by atoms with Gasteiger partial charge in [0.25, 0.3) is 0 Å². The van der Waals surface area contributed by atoms with Gasteiger partial charge in [0.15, 0.2) is 11.0 Å². The summed E-state index contributed by atoms with van der Waals surface area (Å²) in [6, 6.07) is 6.27. The Morgan fingerprint density at radius 3 is 2.59 bits per heavy atom. The molecule has 0 unspecified atom stereocenters. The van der Waals surface area contributed by atoms with Crippen LogP contribution in [0.2, 0.25) is 0 Å². The maximum Gasteiger partial charge on any atom is 0.230 e. The number of aromatic nitrogens is 3. The predicted octanol–water partition coefficient (Wildman–Crippen LogP) is 3.82. The van der Waals surface area contributed by atoms with E-state index in [9.17, 15) is 9.18 Å². The van der Waals surface area contributed by atoms with Crippen molar-refractivity contribution in [2.45, 2.75) is 50.2 Å². The molecule has 0 bridgehead atoms. The minimum Gasteiger partial charge on any atom is -0.355 e. The van der Waals surface area contributed by atoms with Gasteiger partial charge in [-0.2, -0.15) is 0 Å². The zero-order chi connectivity index (χ0) is 20.8. The van der Waals surface area contributed by atoms with Crippen LogP contribution in [-0.2, 0) is 4.79 Å². The summed E-state index contributed by atoms with van der Waals surface area (Å²) >= 11 is 1.36. The number of thioether (sulfide) groups is 1. The summed E-state index contributed by atoms with van der Waals surface area (Å²) in [5, 5.41) is 12.4. The monoisotopic (exact) mass is 419 g/mol. The smallest absolute Gasteiger partial charge is 0.230 e. The quantitative estimate of drug-likeness (QED) is 0.659. The molecule has 1 saturated carbocycles. The number of amides is 1. The van der Waals surface area contributed by atoms with Crippen LogP contribution in [0.5, 0.6) is 0 Å². The molecule has 1 aliphatic carbocycles. The zero-order valence-electron chi connectivity index (χ0n) is 17.4. The maximum atomic E-state index is 13.4. The van der Waals surface area contributed by atoms with Crippen molar-refractivity contribution < 1.29 is 9.18 Å². The van der Waals surface area contributed by atoms with Gasteiger partial charge in [-0.1, -0.05) is 31.0 Å². The van der Waals surface area contributed by atoms with Gasteiger partial charge in [0.05, 0.1) is 11.8 Å². The molecule has 0 radical (unpaired) electrons. The van der Waals surface area contributed by atoms with Crippen molar-refractivity contribution in [1.29, 1.82) is 0 Å². The number of benzene rings is 1. The molecule has 158 valence electrons. The van der Waals surface area contributed by atoms with Crippen molar-refractivity contribution in [1.82, 2.24) is 25.0 Å². The number of rotatable bonds is 8. The van der Waals surface area contributed by atoms with E-state index in [1.54, 1.807) is 12.1 Å². The zero-order valence-corrected chi connectivity index (χ0v) is 18.2. The van der Waals surface area contributed by atoms with Gasteiger partial charge in [0.2, 0.25) is 5.91 Å². The Hall–Kier alpha value is -1.93. The normalized spacial score (nSPS) is 16.2. The topological polar surface area (TPSA) is 63.1 Å². The largest absolute Gasteiger partial charge is 0.355 e. The average molecular weight is 420 g/mol. The molecule has 29 heavy (non-hydrogen) atoms. The van der Waals surface area contributed by atoms with E-state index in [0.717, 1.165) is 18.1 Å². The Labute approximate surface area is 176 Å². The van der Waals surface area contributed by atoms with Gasteiger partial charge < -0.3 is 5.32 Å². The van der Waals surface area contributed by atoms with Gasteiger partial charge >= 0.3 is 0 Å². The Bertz CT molecular complexity index is 802. The first-order valence-electron chi connectivity index (χ1n) is 10.2. The average Bonchev–Trinajstić information content (AvgIpc) is 3.15. The van der Waals surface area contributed by atoms with Crippen molar-refractivity contribution in [2.75, 3.05) is 26.4 Å². The summed E-state index contributed by atoms with van der Waals surface area (Å²) in [5.74, 6) is 1.36. The van der Waals surface area contributed by atoms with Gasteiger partial charge in [0, 0.05) is 12.2 Å². The minimum absolute atomic E-state index is 0.0106. The second kappa shape index (κ2) is 10.2. The molecule has 6 nitrogen and oxygen atoms in total. The number of hydrogen-bond acceptors (Lipinski definition) is 5. The van der Waals surface area contributed by atoms with Crippen LogP contribution in [-0.4, -0.2) is 52.0 Å². The van der Waals surface area contributed by atoms with E-state index in [0.29, 0.717) is 11.1 Å². The van der Waals surface area contributed by atoms with Crippen molar-refractivity contribution in [3.05, 3.63) is 35.9 Å². The molecule has 0 spiro atoms. The Balaban J connectivity index is 1.69. The minimum atomic E-state index is -0.291. The fraction of sp³-hybridized carbons (Fsp3) is 0.571. The van der Waals surface area contributed by atoms with Crippen molar-refractivity contribution in [3.8, 4) is 5.69 Å². The van der Waals surface area contributed by atoms with Crippen LogP contribution in [0, 0.1) is 11.7 Å². The number of carbonyl (C=O) groups is 1. The van der Waals surface area contributed by atoms with E-state index in [2.05, 4.69) is 15.5 Å². The Morgan fingerprint density at radius 2 is 1.93 bits per heavy atom. The highest BCUT2D eigenvalue weighted by molar-refractivity contribution is 7.99. The van der Waals surface area contributed by atoms with E-state index < -0.39 is 0 Å². The van der Waals surface area contributed by atoms with Crippen LogP contribution in [0.3, 0.4) is 0 Å². The standard InChI is InChI=1S/C21H30FN5OS/c1-15(26(2)3)20-24-25-21(27(20)18-11-9-17(22)10-12-18)29-14-19(28)23-13-16-7-5-4-6-8-16/h9-12,15-16H,4-8,13-14H2,1-3H3,(H,23,28)/t15-/m1/s1. The second-order valence-electron chi connectivity index (χ2n) is 7.89. The molecule has 1 heterocycles. The molecule has 3 rings (SSSR count). The van der Waals surface area contributed by atoms with Crippen molar-refractivity contribution in [2.24, 2.45) is 5.92 Å². The van der Waals surface area contributed by atoms with Crippen LogP contribution in [0.15, 0.2) is 29.4 Å². The predicted molar refractivity (Wildman–Crippen MR) is 114 cm³/mol. The summed E-state index contributed by atoms with van der Waals surface area (Å²) in [7, 11) is 3.94. The fourth-order valence-electron chi connectivity index (χ4n) is 3.54. The number of carbonyl (C=O) groups excluding carboxylic acids is 1. The number of nitrogens with one attached hydrogen (secondary N) is 1. The highest BCUT2D eigenvalue weighted by atomic mass is 32.2. The summed E-state index contributed by atoms with van der Waals surface area (Å²) in [5.41, 5.74) is 0.783. The molecule has 1 fully saturated rings. The lowest BCUT2D eigenvalue weighted by Gasteiger charge is -2.21. The first kappa shape index (κ1) is 21.8. The first-order valence-corrected chi connectivity index (χ1v) is 11.2. The van der Waals surface area contributed by atoms with E-state index in [-0.39, 0.29) is 23.5 Å². The van der Waals surface area contributed by atoms with E-state index >= 15 is 0 Å². The molecular weight excluding hydrogens is 389 g/mol. The molecule has 1 aromatic carbocycles. The van der Waals surface area contributed by atoms with Crippen LogP contribution < -0.4 is 5.32 Å². The van der Waals surface area contributed by atoms with Crippen molar-refractivity contribution in [3.63, 3.8) is 0 Å². The first-order chi connectivity index (χ1) is 14.0. The highest BCUT2D eigenvalue weighted by Gasteiger charge is 2.22. The molecule has 1 aromatic heterocycles. The third kappa shape index (κ3) is 5.79. The summed E-state index contributed by atoms with van der Waals surface area (Å²) in [4.78, 5) is 14.4. The summed E-state index contributed by atoms with van der Waals surface area (Å²) < 4.78 is 15.3. The van der Waals surface area contributed by atoms with Crippen molar-refractivity contribution >= 4 is 17.7 Å². The SMILES string of the molecule is C[C@H](c1nnc(SCC(=O)NCC2CCCCC2)n1-c1ccc(F)cc1)N(C)C. The van der Waals surface area contributed by atoms with Gasteiger partial charge in [-0.15, -0.1) is 10.2 Å². The summed E-state index contributed by atoms with van der Waals surface area (Å²) in [6.45, 7) is 2.79. The third-order valence-electron chi connectivity index (χ3n) is 5.54. The van der Waals surface area contributed by atoms with Crippen LogP contribution >= 0.6 is 11.8 Å². The van der Waals surface area contributed by atoms with Gasteiger partial charge in [-0.3, -0.25) is 14.3 Å². The van der Waals surface area contributed by atoms with Crippen LogP contribution in [0.25, 0.3) is 5.69 Å². The number of hydrogen-bond donors (Lipinski definition) is 1. The molecule has 1 aliphatic rings. The lowest BCUT2D eigenvalue weighted by atomic mass is 9.89. The van der Waals surface area contributed by atoms with E-state index in [1.807, 2.05) is 30.5 Å². The van der Waals surface area contributed by atoms with Gasteiger partial charge in [0.1, 0.15) is 5.82 Å². The molecule has 1 amide bonds. The van der Waals surface area contributed by atoms with Gasteiger partial charge in [-0.25, -0.2) is 4.39 Å². The van der Waals surface area contributed by atoms with E-state index in [1.165, 1.54) is 56.0 Å². The molecular formula is C21H30FN5OS. The molecule has 0 aliphatic heterocycles. The number of halogens is 1. The lowest BCUT2D eigenvalue weighted by Crippen LogP contribution is -2.31. The second-order valence-corrected chi connectivity index (χ2v) is 8.83. The Kier molecular flexibility index (Phi) is 7.66. The lowest BCUT2D eigenvalue weighted by molar-refractivity contribution is -0.118. The van der Waals surface area contributed by atoms with Crippen LogP contribution in [0.1, 0.15) is 50.9 Å². The fourth-order valence-corrected chi connectivity index (χ4v) is 4.33. The third-order valence-corrected chi connectivity index (χ3v) is 6.47. The molecule has 8 heteroatoms. The molecule has 2 aromatic rings. The molecule has 1 atom stereocenters. The Morgan fingerprint density at radius 1 is 1.24 bits per heavy atom. The van der Waals surface area contributed by atoms with Crippen LogP contribution in [0.4, 0.5) is 4.39 Å².